The summed E-state index contributed by atoms with van der Waals surface area (Å²) in [5.41, 5.74) is 0.928. The fraction of sp³-hybridized carbons (Fsp3) is 0.684. The fourth-order valence-electron chi connectivity index (χ4n) is 4.25. The predicted molar refractivity (Wildman–Crippen MR) is 109 cm³/mol. The first-order valence-corrected chi connectivity index (χ1v) is 11.7. The lowest BCUT2D eigenvalue weighted by atomic mass is 10.1. The third kappa shape index (κ3) is 3.80. The molecule has 2 saturated heterocycles. The zero-order valence-electron chi connectivity index (χ0n) is 17.3. The Morgan fingerprint density at radius 3 is 2.59 bits per heavy atom. The number of piperidine rings is 1. The Morgan fingerprint density at radius 2 is 1.93 bits per heavy atom. The average molecular weight is 424 g/mol. The lowest BCUT2D eigenvalue weighted by Gasteiger charge is -2.36. The van der Waals surface area contributed by atoms with Crippen molar-refractivity contribution < 1.29 is 17.6 Å². The van der Waals surface area contributed by atoms with Crippen LogP contribution in [-0.2, 0) is 21.3 Å². The first-order valence-electron chi connectivity index (χ1n) is 10.2. The van der Waals surface area contributed by atoms with Crippen molar-refractivity contribution in [2.24, 2.45) is 0 Å². The second-order valence-electron chi connectivity index (χ2n) is 7.66. The first kappa shape index (κ1) is 20.4. The molecule has 0 amide bonds. The van der Waals surface area contributed by atoms with Crippen LogP contribution in [0.1, 0.15) is 31.3 Å². The van der Waals surface area contributed by atoms with E-state index in [0.717, 1.165) is 41.8 Å². The highest BCUT2D eigenvalue weighted by Crippen LogP contribution is 2.30. The van der Waals surface area contributed by atoms with E-state index in [1.165, 1.54) is 0 Å². The lowest BCUT2D eigenvalue weighted by Crippen LogP contribution is -2.51. The molecule has 4 heterocycles. The van der Waals surface area contributed by atoms with Gasteiger partial charge in [0.05, 0.1) is 24.0 Å². The van der Waals surface area contributed by atoms with Crippen LogP contribution in [0.5, 0.6) is 0 Å². The van der Waals surface area contributed by atoms with Gasteiger partial charge in [-0.15, -0.1) is 10.2 Å². The number of ether oxygens (including phenoxy) is 1. The monoisotopic (exact) mass is 423 g/mol. The minimum Gasteiger partial charge on any atom is -0.466 e. The average Bonchev–Trinajstić information content (AvgIpc) is 3.30. The Bertz CT molecular complexity index is 961. The summed E-state index contributed by atoms with van der Waals surface area (Å²) in [7, 11) is -3.36. The van der Waals surface area contributed by atoms with Gasteiger partial charge in [-0.2, -0.15) is 4.31 Å². The van der Waals surface area contributed by atoms with Gasteiger partial charge in [0, 0.05) is 32.7 Å². The minimum atomic E-state index is -3.36. The van der Waals surface area contributed by atoms with Gasteiger partial charge >= 0.3 is 0 Å². The summed E-state index contributed by atoms with van der Waals surface area (Å²) >= 11 is 0. The van der Waals surface area contributed by atoms with Crippen LogP contribution >= 0.6 is 0 Å². The maximum Gasteiger partial charge on any atom is 0.227 e. The normalized spacial score (nSPS) is 21.6. The number of morpholine rings is 1. The van der Waals surface area contributed by atoms with E-state index < -0.39 is 15.3 Å². The Morgan fingerprint density at radius 1 is 1.17 bits per heavy atom. The molecule has 2 aliphatic rings. The topological polar surface area (TPSA) is 93.7 Å². The predicted octanol–water partition coefficient (Wildman–Crippen LogP) is 1.81. The molecule has 0 bridgehead atoms. The van der Waals surface area contributed by atoms with Gasteiger partial charge in [-0.3, -0.25) is 4.57 Å². The van der Waals surface area contributed by atoms with Gasteiger partial charge in [-0.25, -0.2) is 8.42 Å². The van der Waals surface area contributed by atoms with Gasteiger partial charge in [0.25, 0.3) is 0 Å². The van der Waals surface area contributed by atoms with Crippen molar-refractivity contribution in [1.29, 1.82) is 0 Å². The molecule has 0 spiro atoms. The number of anilines is 1. The van der Waals surface area contributed by atoms with Crippen molar-refractivity contribution in [3.63, 3.8) is 0 Å². The van der Waals surface area contributed by atoms with E-state index in [0.29, 0.717) is 45.8 Å². The summed E-state index contributed by atoms with van der Waals surface area (Å²) in [6.45, 7) is 9.58. The molecule has 0 N–H and O–H groups in total. The second kappa shape index (κ2) is 8.08. The second-order valence-corrected chi connectivity index (χ2v) is 9.87. The van der Waals surface area contributed by atoms with E-state index in [9.17, 15) is 8.42 Å². The molecule has 2 aliphatic heterocycles. The number of sulfonamides is 1. The molecule has 9 nitrogen and oxygen atoms in total. The summed E-state index contributed by atoms with van der Waals surface area (Å²) in [5, 5.41) is 8.42. The Kier molecular flexibility index (Phi) is 5.67. The molecule has 0 aromatic carbocycles. The van der Waals surface area contributed by atoms with E-state index in [-0.39, 0.29) is 0 Å². The summed E-state index contributed by atoms with van der Waals surface area (Å²) in [6, 6.07) is 1.97. The van der Waals surface area contributed by atoms with Crippen molar-refractivity contribution in [3.05, 3.63) is 17.6 Å². The number of rotatable bonds is 5. The summed E-state index contributed by atoms with van der Waals surface area (Å²) in [6.07, 6.45) is 1.48. The molecule has 0 unspecified atom stereocenters. The van der Waals surface area contributed by atoms with Crippen LogP contribution in [-0.4, -0.2) is 72.1 Å². The third-order valence-corrected chi connectivity index (χ3v) is 8.05. The number of aromatic nitrogens is 3. The van der Waals surface area contributed by atoms with Crippen LogP contribution in [0, 0.1) is 13.8 Å². The number of furan rings is 1. The maximum atomic E-state index is 13.1. The van der Waals surface area contributed by atoms with Crippen LogP contribution in [0.3, 0.4) is 0 Å². The highest BCUT2D eigenvalue weighted by Gasteiger charge is 2.37. The fourth-order valence-corrected chi connectivity index (χ4v) is 6.16. The van der Waals surface area contributed by atoms with Gasteiger partial charge in [0.1, 0.15) is 11.5 Å². The van der Waals surface area contributed by atoms with Crippen LogP contribution in [0.25, 0.3) is 11.4 Å². The zero-order chi connectivity index (χ0) is 20.6. The minimum absolute atomic E-state index is 0.432. The Labute approximate surface area is 171 Å². The van der Waals surface area contributed by atoms with Gasteiger partial charge in [-0.1, -0.05) is 0 Å². The standard InChI is InChI=1S/C19H29N5O4S/c1-4-24-18(17-12-14(2)28-15(17)3)20-21-19(24)22-7-5-6-16(13-22)29(25,26)23-8-10-27-11-9-23/h12,16H,4-11,13H2,1-3H3/t16-/m0/s1. The summed E-state index contributed by atoms with van der Waals surface area (Å²) in [5.74, 6) is 3.12. The van der Waals surface area contributed by atoms with Crippen LogP contribution in [0.2, 0.25) is 0 Å². The highest BCUT2D eigenvalue weighted by atomic mass is 32.2. The molecule has 160 valence electrons. The lowest BCUT2D eigenvalue weighted by molar-refractivity contribution is 0.0725. The smallest absolute Gasteiger partial charge is 0.227 e. The zero-order valence-corrected chi connectivity index (χ0v) is 18.1. The van der Waals surface area contributed by atoms with Gasteiger partial charge < -0.3 is 14.1 Å². The molecule has 2 aromatic rings. The third-order valence-electron chi connectivity index (χ3n) is 5.74. The summed E-state index contributed by atoms with van der Waals surface area (Å²) < 4.78 is 40.9. The molecule has 0 saturated carbocycles. The van der Waals surface area contributed by atoms with Crippen molar-refractivity contribution in [1.82, 2.24) is 19.1 Å². The quantitative estimate of drug-likeness (QED) is 0.724. The molecule has 10 heteroatoms. The van der Waals surface area contributed by atoms with Crippen molar-refractivity contribution in [2.75, 3.05) is 44.3 Å². The van der Waals surface area contributed by atoms with E-state index in [1.807, 2.05) is 31.4 Å². The molecule has 1 atom stereocenters. The molecular weight excluding hydrogens is 394 g/mol. The largest absolute Gasteiger partial charge is 0.466 e. The van der Waals surface area contributed by atoms with Crippen molar-refractivity contribution in [2.45, 2.75) is 45.4 Å². The number of nitrogens with zero attached hydrogens (tertiary/aromatic N) is 5. The summed E-state index contributed by atoms with van der Waals surface area (Å²) in [4.78, 5) is 2.06. The molecule has 2 aromatic heterocycles. The van der Waals surface area contributed by atoms with Crippen LogP contribution < -0.4 is 4.90 Å². The highest BCUT2D eigenvalue weighted by molar-refractivity contribution is 7.89. The number of hydrogen-bond acceptors (Lipinski definition) is 7. The van der Waals surface area contributed by atoms with E-state index in [1.54, 1.807) is 4.31 Å². The Balaban J connectivity index is 1.59. The Hall–Kier alpha value is -1.91. The molecule has 29 heavy (non-hydrogen) atoms. The molecule has 0 aliphatic carbocycles. The SMILES string of the molecule is CCn1c(-c2cc(C)oc2C)nnc1N1CCC[C@H](S(=O)(=O)N2CCOCC2)C1. The van der Waals surface area contributed by atoms with Crippen molar-refractivity contribution in [3.8, 4) is 11.4 Å². The van der Waals surface area contributed by atoms with Crippen LogP contribution in [0.4, 0.5) is 5.95 Å². The van der Waals surface area contributed by atoms with E-state index in [4.69, 9.17) is 9.15 Å². The molecular formula is C19H29N5O4S. The molecule has 2 fully saturated rings. The van der Waals surface area contributed by atoms with Gasteiger partial charge in [0.2, 0.25) is 16.0 Å². The van der Waals surface area contributed by atoms with Gasteiger partial charge in [-0.05, 0) is 39.7 Å². The number of hydrogen-bond donors (Lipinski definition) is 0. The van der Waals surface area contributed by atoms with E-state index in [2.05, 4.69) is 15.1 Å². The van der Waals surface area contributed by atoms with E-state index >= 15 is 0 Å². The van der Waals surface area contributed by atoms with Crippen molar-refractivity contribution >= 4 is 16.0 Å². The molecule has 4 rings (SSSR count). The number of aryl methyl sites for hydroxylation is 2. The van der Waals surface area contributed by atoms with Crippen LogP contribution in [0.15, 0.2) is 10.5 Å². The first-order chi connectivity index (χ1) is 13.9. The maximum absolute atomic E-state index is 13.1. The van der Waals surface area contributed by atoms with Gasteiger partial charge in [0.15, 0.2) is 5.82 Å². The molecule has 0 radical (unpaired) electrons.